The number of thiophene rings is 1. The van der Waals surface area contributed by atoms with E-state index in [0.717, 1.165) is 11.3 Å². The zero-order valence-corrected chi connectivity index (χ0v) is 16.1. The van der Waals surface area contributed by atoms with Gasteiger partial charge in [-0.25, -0.2) is 4.39 Å². The molecule has 1 aromatic heterocycles. The molecule has 2 heterocycles. The van der Waals surface area contributed by atoms with Gasteiger partial charge in [-0.15, -0.1) is 11.3 Å². The molecule has 8 heteroatoms. The van der Waals surface area contributed by atoms with Gasteiger partial charge in [0.25, 0.3) is 5.91 Å². The first-order valence-electron chi connectivity index (χ1n) is 9.18. The quantitative estimate of drug-likeness (QED) is 0.694. The van der Waals surface area contributed by atoms with Gasteiger partial charge < -0.3 is 15.5 Å². The van der Waals surface area contributed by atoms with Crippen molar-refractivity contribution in [3.8, 4) is 0 Å². The minimum Gasteiger partial charge on any atom is -0.353 e. The minimum atomic E-state index is -0.588. The smallest absolute Gasteiger partial charge is 0.254 e. The number of rotatable bonds is 7. The summed E-state index contributed by atoms with van der Waals surface area (Å²) in [6, 6.07) is 9.05. The molecule has 3 amide bonds. The molecule has 2 aromatic rings. The number of hydrogen-bond acceptors (Lipinski definition) is 4. The van der Waals surface area contributed by atoms with E-state index in [9.17, 15) is 18.8 Å². The van der Waals surface area contributed by atoms with Crippen molar-refractivity contribution in [3.05, 3.63) is 58.0 Å². The number of benzene rings is 1. The van der Waals surface area contributed by atoms with E-state index in [4.69, 9.17) is 0 Å². The molecule has 1 atom stereocenters. The van der Waals surface area contributed by atoms with Crippen molar-refractivity contribution in [3.63, 3.8) is 0 Å². The number of nitrogens with one attached hydrogen (secondary N) is 2. The summed E-state index contributed by atoms with van der Waals surface area (Å²) in [6.07, 6.45) is 1.72. The van der Waals surface area contributed by atoms with Gasteiger partial charge in [0.2, 0.25) is 11.8 Å². The molecule has 2 N–H and O–H groups in total. The molecule has 1 saturated heterocycles. The van der Waals surface area contributed by atoms with Crippen LogP contribution in [0, 0.1) is 5.82 Å². The van der Waals surface area contributed by atoms with Crippen LogP contribution in [0.3, 0.4) is 0 Å². The molecular weight excluding hydrogens is 381 g/mol. The van der Waals surface area contributed by atoms with E-state index in [1.807, 2.05) is 17.5 Å². The van der Waals surface area contributed by atoms with E-state index in [-0.39, 0.29) is 30.5 Å². The predicted octanol–water partition coefficient (Wildman–Crippen LogP) is 1.97. The van der Waals surface area contributed by atoms with E-state index in [2.05, 4.69) is 10.6 Å². The molecule has 1 aliphatic rings. The lowest BCUT2D eigenvalue weighted by atomic mass is 10.2. The zero-order valence-electron chi connectivity index (χ0n) is 15.3. The van der Waals surface area contributed by atoms with Crippen molar-refractivity contribution in [2.45, 2.75) is 25.3 Å². The van der Waals surface area contributed by atoms with Crippen LogP contribution in [0.5, 0.6) is 0 Å². The average Bonchev–Trinajstić information content (AvgIpc) is 3.37. The molecule has 0 spiro atoms. The van der Waals surface area contributed by atoms with E-state index < -0.39 is 17.8 Å². The number of carbonyl (C=O) groups excluding carboxylic acids is 3. The summed E-state index contributed by atoms with van der Waals surface area (Å²) in [7, 11) is 0. The number of halogens is 1. The fourth-order valence-electron chi connectivity index (χ4n) is 3.22. The van der Waals surface area contributed by atoms with Gasteiger partial charge in [0.15, 0.2) is 0 Å². The molecular formula is C20H22FN3O3S. The van der Waals surface area contributed by atoms with Crippen molar-refractivity contribution in [2.75, 3.05) is 19.6 Å². The van der Waals surface area contributed by atoms with Gasteiger partial charge in [0.05, 0.1) is 12.0 Å². The predicted molar refractivity (Wildman–Crippen MR) is 105 cm³/mol. The Balaban J connectivity index is 1.44. The Hall–Kier alpha value is -2.74. The highest BCUT2D eigenvalue weighted by Gasteiger charge is 2.33. The minimum absolute atomic E-state index is 0.0324. The van der Waals surface area contributed by atoms with Crippen LogP contribution in [0.1, 0.15) is 28.1 Å². The highest BCUT2D eigenvalue weighted by molar-refractivity contribution is 7.10. The lowest BCUT2D eigenvalue weighted by molar-refractivity contribution is -0.137. The van der Waals surface area contributed by atoms with Crippen LogP contribution in [0.25, 0.3) is 0 Å². The Kier molecular flexibility index (Phi) is 6.76. The van der Waals surface area contributed by atoms with Crippen LogP contribution in [0.15, 0.2) is 41.8 Å². The summed E-state index contributed by atoms with van der Waals surface area (Å²) in [6.45, 7) is 0.962. The van der Waals surface area contributed by atoms with E-state index in [1.165, 1.54) is 29.5 Å². The Bertz CT molecular complexity index is 841. The Labute approximate surface area is 166 Å². The summed E-state index contributed by atoms with van der Waals surface area (Å²) in [4.78, 5) is 39.5. The van der Waals surface area contributed by atoms with Crippen LogP contribution in [0.4, 0.5) is 4.39 Å². The fourth-order valence-corrected chi connectivity index (χ4v) is 3.92. The molecule has 28 heavy (non-hydrogen) atoms. The maximum atomic E-state index is 13.6. The summed E-state index contributed by atoms with van der Waals surface area (Å²) in [5.41, 5.74) is -0.0324. The molecule has 1 unspecified atom stereocenters. The van der Waals surface area contributed by atoms with Crippen LogP contribution in [-0.2, 0) is 16.0 Å². The number of nitrogens with zero attached hydrogens (tertiary/aromatic N) is 1. The summed E-state index contributed by atoms with van der Waals surface area (Å²) >= 11 is 1.52. The lowest BCUT2D eigenvalue weighted by Crippen LogP contribution is -2.47. The van der Waals surface area contributed by atoms with Gasteiger partial charge >= 0.3 is 0 Å². The topological polar surface area (TPSA) is 78.5 Å². The molecule has 1 fully saturated rings. The highest BCUT2D eigenvalue weighted by atomic mass is 32.1. The van der Waals surface area contributed by atoms with Crippen molar-refractivity contribution in [2.24, 2.45) is 0 Å². The summed E-state index contributed by atoms with van der Waals surface area (Å²) in [5.74, 6) is -1.39. The Morgan fingerprint density at radius 1 is 1.11 bits per heavy atom. The van der Waals surface area contributed by atoms with E-state index in [1.54, 1.807) is 11.0 Å². The molecule has 3 rings (SSSR count). The maximum absolute atomic E-state index is 13.6. The number of amides is 3. The molecule has 0 saturated carbocycles. The van der Waals surface area contributed by atoms with Gasteiger partial charge in [-0.1, -0.05) is 18.2 Å². The second-order valence-corrected chi connectivity index (χ2v) is 7.56. The summed E-state index contributed by atoms with van der Waals surface area (Å²) < 4.78 is 13.6. The van der Waals surface area contributed by atoms with E-state index in [0.29, 0.717) is 19.4 Å². The van der Waals surface area contributed by atoms with Gasteiger partial charge in [-0.05, 0) is 36.4 Å². The van der Waals surface area contributed by atoms with E-state index >= 15 is 0 Å². The van der Waals surface area contributed by atoms with Crippen LogP contribution < -0.4 is 10.6 Å². The molecule has 0 radical (unpaired) electrons. The largest absolute Gasteiger partial charge is 0.353 e. The number of likely N-dealkylation sites (tertiary alicyclic amines) is 1. The Morgan fingerprint density at radius 2 is 1.89 bits per heavy atom. The third-order valence-electron chi connectivity index (χ3n) is 4.61. The third kappa shape index (κ3) is 4.95. The van der Waals surface area contributed by atoms with Gasteiger partial charge in [-0.2, -0.15) is 0 Å². The molecule has 0 aliphatic carbocycles. The second-order valence-electron chi connectivity index (χ2n) is 6.53. The molecule has 148 valence electrons. The Morgan fingerprint density at radius 3 is 2.64 bits per heavy atom. The first kappa shape index (κ1) is 20.0. The van der Waals surface area contributed by atoms with Crippen molar-refractivity contribution in [1.29, 1.82) is 0 Å². The molecule has 0 bridgehead atoms. The fraction of sp³-hybridized carbons (Fsp3) is 0.350. The van der Waals surface area contributed by atoms with Gasteiger partial charge in [0.1, 0.15) is 11.9 Å². The number of carbonyl (C=O) groups is 3. The monoisotopic (exact) mass is 403 g/mol. The molecule has 1 aliphatic heterocycles. The van der Waals surface area contributed by atoms with Crippen molar-refractivity contribution in [1.82, 2.24) is 15.5 Å². The van der Waals surface area contributed by atoms with Crippen molar-refractivity contribution < 1.29 is 18.8 Å². The van der Waals surface area contributed by atoms with Crippen LogP contribution in [-0.4, -0.2) is 48.3 Å². The first-order valence-corrected chi connectivity index (χ1v) is 10.1. The standard InChI is InChI=1S/C20H22FN3O3S/c21-16-7-2-1-6-15(16)19(26)22-9-10-23-20(27)17-8-3-11-24(17)18(25)13-14-5-4-12-28-14/h1-2,4-7,12,17H,3,8-11,13H2,(H,22,26)(H,23,27). The molecule has 6 nitrogen and oxygen atoms in total. The van der Waals surface area contributed by atoms with Crippen molar-refractivity contribution >= 4 is 29.1 Å². The SMILES string of the molecule is O=C(NCCNC(=O)C1CCCN1C(=O)Cc1cccs1)c1ccccc1F. The van der Waals surface area contributed by atoms with Crippen LogP contribution >= 0.6 is 11.3 Å². The van der Waals surface area contributed by atoms with Crippen LogP contribution in [0.2, 0.25) is 0 Å². The molecule has 1 aromatic carbocycles. The number of hydrogen-bond donors (Lipinski definition) is 2. The zero-order chi connectivity index (χ0) is 19.9. The first-order chi connectivity index (χ1) is 13.6. The highest BCUT2D eigenvalue weighted by Crippen LogP contribution is 2.20. The third-order valence-corrected chi connectivity index (χ3v) is 5.49. The van der Waals surface area contributed by atoms with Gasteiger partial charge in [-0.3, -0.25) is 14.4 Å². The summed E-state index contributed by atoms with van der Waals surface area (Å²) in [5, 5.41) is 7.25. The lowest BCUT2D eigenvalue weighted by Gasteiger charge is -2.24. The average molecular weight is 403 g/mol. The van der Waals surface area contributed by atoms with Gasteiger partial charge in [0, 0.05) is 24.5 Å². The second kappa shape index (κ2) is 9.45. The maximum Gasteiger partial charge on any atom is 0.254 e. The normalized spacial score (nSPS) is 16.0.